The molecule has 1 heteroatoms. The second kappa shape index (κ2) is 5.78. The van der Waals surface area contributed by atoms with Crippen LogP contribution in [0.5, 0.6) is 0 Å². The number of rotatable bonds is 0. The Labute approximate surface area is 140 Å². The molecule has 0 aliphatic carbocycles. The van der Waals surface area contributed by atoms with Gasteiger partial charge in [0.2, 0.25) is 0 Å². The highest BCUT2D eigenvalue weighted by Crippen LogP contribution is 2.29. The lowest BCUT2D eigenvalue weighted by Crippen LogP contribution is -1.80. The van der Waals surface area contributed by atoms with Crippen LogP contribution in [0.3, 0.4) is 0 Å². The van der Waals surface area contributed by atoms with Crippen molar-refractivity contribution in [3.05, 3.63) is 84.9 Å². The van der Waals surface area contributed by atoms with E-state index in [9.17, 15) is 0 Å². The predicted octanol–water partition coefficient (Wildman–Crippen LogP) is 6.11. The molecular formula is C23H16O. The first kappa shape index (κ1) is 14.4. The zero-order valence-electron chi connectivity index (χ0n) is 13.2. The number of carbonyl (C=O) groups is 1. The summed E-state index contributed by atoms with van der Waals surface area (Å²) in [6.07, 6.45) is 0. The summed E-state index contributed by atoms with van der Waals surface area (Å²) in [5, 5.41) is 10.4. The number of hydrogen-bond donors (Lipinski definition) is 0. The van der Waals surface area contributed by atoms with E-state index in [-0.39, 0.29) is 0 Å². The molecule has 0 saturated carbocycles. The molecule has 0 fully saturated rings. The van der Waals surface area contributed by atoms with Gasteiger partial charge in [-0.05, 0) is 79.5 Å². The van der Waals surface area contributed by atoms with Crippen LogP contribution in [0.4, 0.5) is 0 Å². The Kier molecular flexibility index (Phi) is 3.47. The Balaban J connectivity index is 0.000000704. The number of carbonyl (C=O) groups excluding carboxylic acids is 1. The average Bonchev–Trinajstić information content (AvgIpc) is 2.64. The molecule has 0 radical (unpaired) electrons. The molecule has 5 aromatic rings. The van der Waals surface area contributed by atoms with Crippen LogP contribution in [-0.2, 0) is 4.79 Å². The van der Waals surface area contributed by atoms with Gasteiger partial charge >= 0.3 is 0 Å². The van der Waals surface area contributed by atoms with E-state index >= 15 is 0 Å². The summed E-state index contributed by atoms with van der Waals surface area (Å²) in [5.74, 6) is 0. The van der Waals surface area contributed by atoms with Crippen molar-refractivity contribution in [1.82, 2.24) is 0 Å². The number of fused-ring (bicyclic) bond motifs is 4. The predicted molar refractivity (Wildman–Crippen MR) is 104 cm³/mol. The fraction of sp³-hybridized carbons (Fsp3) is 0. The largest absolute Gasteiger partial charge is 0.307 e. The maximum atomic E-state index is 8.00. The summed E-state index contributed by atoms with van der Waals surface area (Å²) in [5.41, 5.74) is 0. The third-order valence-electron chi connectivity index (χ3n) is 4.52. The maximum absolute atomic E-state index is 8.00. The van der Waals surface area contributed by atoms with Gasteiger partial charge in [0.1, 0.15) is 6.79 Å². The van der Waals surface area contributed by atoms with Gasteiger partial charge in [0, 0.05) is 0 Å². The molecule has 0 saturated heterocycles. The van der Waals surface area contributed by atoms with Gasteiger partial charge < -0.3 is 4.79 Å². The molecule has 0 heterocycles. The minimum Gasteiger partial charge on any atom is -0.307 e. The lowest BCUT2D eigenvalue weighted by Gasteiger charge is -2.07. The Bertz CT molecular complexity index is 1000. The summed E-state index contributed by atoms with van der Waals surface area (Å²) in [4.78, 5) is 8.00. The highest BCUT2D eigenvalue weighted by Gasteiger charge is 2.02. The van der Waals surface area contributed by atoms with Crippen LogP contribution in [0.1, 0.15) is 0 Å². The SMILES string of the molecule is C=O.c1ccc2cc3cc4cc5ccccc5cc4cc3cc2c1. The number of hydrogen-bond acceptors (Lipinski definition) is 1. The maximum Gasteiger partial charge on any atom is 0.106 e. The highest BCUT2D eigenvalue weighted by atomic mass is 16.1. The van der Waals surface area contributed by atoms with Crippen molar-refractivity contribution in [3.8, 4) is 0 Å². The molecule has 114 valence electrons. The first-order valence-electron chi connectivity index (χ1n) is 7.91. The van der Waals surface area contributed by atoms with Gasteiger partial charge in [0.05, 0.1) is 0 Å². The molecular weight excluding hydrogens is 292 g/mol. The van der Waals surface area contributed by atoms with Crippen molar-refractivity contribution in [1.29, 1.82) is 0 Å². The quantitative estimate of drug-likeness (QED) is 0.315. The second-order valence-electron chi connectivity index (χ2n) is 5.95. The average molecular weight is 308 g/mol. The topological polar surface area (TPSA) is 17.1 Å². The monoisotopic (exact) mass is 308 g/mol. The second-order valence-corrected chi connectivity index (χ2v) is 5.95. The minimum atomic E-state index is 1.30. The van der Waals surface area contributed by atoms with E-state index in [2.05, 4.69) is 84.9 Å². The van der Waals surface area contributed by atoms with Crippen molar-refractivity contribution in [2.45, 2.75) is 0 Å². The molecule has 0 atom stereocenters. The summed E-state index contributed by atoms with van der Waals surface area (Å²) < 4.78 is 0. The molecule has 24 heavy (non-hydrogen) atoms. The van der Waals surface area contributed by atoms with Gasteiger partial charge in [-0.3, -0.25) is 0 Å². The van der Waals surface area contributed by atoms with E-state index in [1.54, 1.807) is 0 Å². The normalized spacial score (nSPS) is 10.8. The van der Waals surface area contributed by atoms with Crippen LogP contribution < -0.4 is 0 Å². The van der Waals surface area contributed by atoms with E-state index < -0.39 is 0 Å². The molecule has 0 aromatic heterocycles. The van der Waals surface area contributed by atoms with Crippen LogP contribution in [0.15, 0.2) is 84.9 Å². The van der Waals surface area contributed by atoms with Gasteiger partial charge in [-0.1, -0.05) is 48.5 Å². The Morgan fingerprint density at radius 2 is 0.583 bits per heavy atom. The van der Waals surface area contributed by atoms with Gasteiger partial charge in [-0.2, -0.15) is 0 Å². The zero-order chi connectivity index (χ0) is 16.5. The molecule has 0 N–H and O–H groups in total. The number of benzene rings is 5. The van der Waals surface area contributed by atoms with Gasteiger partial charge in [-0.15, -0.1) is 0 Å². The Morgan fingerprint density at radius 3 is 0.833 bits per heavy atom. The smallest absolute Gasteiger partial charge is 0.106 e. The van der Waals surface area contributed by atoms with Crippen molar-refractivity contribution in [2.75, 3.05) is 0 Å². The lowest BCUT2D eigenvalue weighted by atomic mass is 9.97. The first-order valence-corrected chi connectivity index (χ1v) is 7.91. The summed E-state index contributed by atoms with van der Waals surface area (Å²) in [6, 6.07) is 30.9. The zero-order valence-corrected chi connectivity index (χ0v) is 13.2. The van der Waals surface area contributed by atoms with E-state index in [0.717, 1.165) is 0 Å². The van der Waals surface area contributed by atoms with Crippen LogP contribution in [-0.4, -0.2) is 6.79 Å². The van der Waals surface area contributed by atoms with Gasteiger partial charge in [0.15, 0.2) is 0 Å². The third kappa shape index (κ3) is 2.31. The lowest BCUT2D eigenvalue weighted by molar-refractivity contribution is -0.0979. The summed E-state index contributed by atoms with van der Waals surface area (Å²) in [6.45, 7) is 2.00. The molecule has 0 bridgehead atoms. The summed E-state index contributed by atoms with van der Waals surface area (Å²) >= 11 is 0. The fourth-order valence-corrected chi connectivity index (χ4v) is 3.39. The van der Waals surface area contributed by atoms with Crippen molar-refractivity contribution in [2.24, 2.45) is 0 Å². The van der Waals surface area contributed by atoms with Crippen molar-refractivity contribution in [3.63, 3.8) is 0 Å². The van der Waals surface area contributed by atoms with Crippen LogP contribution in [0, 0.1) is 0 Å². The van der Waals surface area contributed by atoms with E-state index in [0.29, 0.717) is 0 Å². The van der Waals surface area contributed by atoms with Crippen molar-refractivity contribution >= 4 is 49.9 Å². The minimum absolute atomic E-state index is 1.30. The molecule has 0 aliphatic heterocycles. The molecule has 0 amide bonds. The fourth-order valence-electron chi connectivity index (χ4n) is 3.39. The van der Waals surface area contributed by atoms with Gasteiger partial charge in [-0.25, -0.2) is 0 Å². The third-order valence-corrected chi connectivity index (χ3v) is 4.52. The van der Waals surface area contributed by atoms with Crippen molar-refractivity contribution < 1.29 is 4.79 Å². The highest BCUT2D eigenvalue weighted by molar-refractivity contribution is 6.08. The Hall–Kier alpha value is -3.19. The first-order chi connectivity index (χ1) is 11.9. The van der Waals surface area contributed by atoms with E-state index in [1.807, 2.05) is 6.79 Å². The van der Waals surface area contributed by atoms with Crippen LogP contribution >= 0.6 is 0 Å². The van der Waals surface area contributed by atoms with E-state index in [4.69, 9.17) is 4.79 Å². The van der Waals surface area contributed by atoms with Crippen LogP contribution in [0.2, 0.25) is 0 Å². The standard InChI is InChI=1S/C22H14.CH2O/c1-2-6-16-10-20-14-22-12-18-8-4-3-7-17(18)11-21(22)13-19(20)9-15(16)5-1;1-2/h1-14H;1H2. The van der Waals surface area contributed by atoms with Gasteiger partial charge in [0.25, 0.3) is 0 Å². The summed E-state index contributed by atoms with van der Waals surface area (Å²) in [7, 11) is 0. The molecule has 0 unspecified atom stereocenters. The molecule has 0 aliphatic rings. The molecule has 0 spiro atoms. The Morgan fingerprint density at radius 1 is 0.375 bits per heavy atom. The van der Waals surface area contributed by atoms with E-state index in [1.165, 1.54) is 43.1 Å². The molecule has 5 rings (SSSR count). The molecule has 1 nitrogen and oxygen atoms in total. The molecule has 5 aromatic carbocycles. The van der Waals surface area contributed by atoms with Crippen LogP contribution in [0.25, 0.3) is 43.1 Å².